The second kappa shape index (κ2) is 11.8. The molecule has 3 aromatic rings. The lowest BCUT2D eigenvalue weighted by Gasteiger charge is -2.42. The van der Waals surface area contributed by atoms with Gasteiger partial charge in [-0.1, -0.05) is 91.1 Å². The molecule has 4 rings (SSSR count). The van der Waals surface area contributed by atoms with E-state index in [2.05, 4.69) is 24.0 Å². The molecule has 0 aliphatic carbocycles. The summed E-state index contributed by atoms with van der Waals surface area (Å²) < 4.78 is 0. The number of hydrogen-bond donors (Lipinski definition) is 1. The first-order valence-electron chi connectivity index (χ1n) is 12.0. The zero-order valence-corrected chi connectivity index (χ0v) is 22.0. The van der Waals surface area contributed by atoms with Crippen LogP contribution in [-0.2, 0) is 0 Å². The zero-order valence-electron chi connectivity index (χ0n) is 19.6. The Morgan fingerprint density at radius 2 is 1.79 bits per heavy atom. The monoisotopic (exact) mass is 514 g/mol. The Hall–Kier alpha value is -1.79. The van der Waals surface area contributed by atoms with Gasteiger partial charge in [0.25, 0.3) is 0 Å². The van der Waals surface area contributed by atoms with Gasteiger partial charge in [0, 0.05) is 23.5 Å². The summed E-state index contributed by atoms with van der Waals surface area (Å²) >= 11 is 14.2. The van der Waals surface area contributed by atoms with E-state index in [-0.39, 0.29) is 0 Å². The first-order valence-corrected chi connectivity index (χ1v) is 13.6. The third-order valence-electron chi connectivity index (χ3n) is 6.96. The Balaban J connectivity index is 1.59. The second-order valence-corrected chi connectivity index (χ2v) is 10.8. The third kappa shape index (κ3) is 5.88. The fourth-order valence-corrected chi connectivity index (χ4v) is 6.07. The number of benzene rings is 2. The van der Waals surface area contributed by atoms with Gasteiger partial charge in [-0.25, -0.2) is 9.97 Å². The van der Waals surface area contributed by atoms with Gasteiger partial charge < -0.3 is 10.6 Å². The van der Waals surface area contributed by atoms with Crippen molar-refractivity contribution in [3.63, 3.8) is 0 Å². The van der Waals surface area contributed by atoms with E-state index in [0.717, 1.165) is 53.1 Å². The first kappa shape index (κ1) is 25.3. The summed E-state index contributed by atoms with van der Waals surface area (Å²) in [5.41, 5.74) is 8.07. The number of aromatic nitrogens is 2. The van der Waals surface area contributed by atoms with Crippen LogP contribution in [0.5, 0.6) is 0 Å². The highest BCUT2D eigenvalue weighted by Gasteiger charge is 2.33. The maximum Gasteiger partial charge on any atom is 0.147 e. The van der Waals surface area contributed by atoms with Crippen molar-refractivity contribution in [2.45, 2.75) is 55.4 Å². The van der Waals surface area contributed by atoms with Crippen LogP contribution in [0, 0.1) is 5.41 Å². The number of anilines is 1. The van der Waals surface area contributed by atoms with E-state index in [1.54, 1.807) is 6.07 Å². The predicted molar refractivity (Wildman–Crippen MR) is 145 cm³/mol. The minimum Gasteiger partial charge on any atom is -0.355 e. The van der Waals surface area contributed by atoms with Crippen LogP contribution in [0.1, 0.15) is 45.4 Å². The van der Waals surface area contributed by atoms with Crippen molar-refractivity contribution in [2.24, 2.45) is 11.1 Å². The van der Waals surface area contributed by atoms with Gasteiger partial charge in [0.05, 0.1) is 16.2 Å². The molecule has 4 nitrogen and oxygen atoms in total. The Labute approximate surface area is 217 Å². The summed E-state index contributed by atoms with van der Waals surface area (Å²) in [5.74, 6) is 0.937. The van der Waals surface area contributed by atoms with Crippen LogP contribution in [0.15, 0.2) is 64.6 Å². The molecule has 2 N–H and O–H groups in total. The molecule has 1 saturated heterocycles. The Kier molecular flexibility index (Phi) is 8.75. The highest BCUT2D eigenvalue weighted by atomic mass is 35.5. The SMILES string of the molecule is CCC1(CCCCN)CCN(c2cnc(Sc3cccc(Cl)c3Cl)c(-c3ccccc3)n2)CC1. The van der Waals surface area contributed by atoms with E-state index >= 15 is 0 Å². The molecule has 0 radical (unpaired) electrons. The van der Waals surface area contributed by atoms with Gasteiger partial charge in [-0.2, -0.15) is 0 Å². The summed E-state index contributed by atoms with van der Waals surface area (Å²) in [6, 6.07) is 15.9. The van der Waals surface area contributed by atoms with E-state index in [1.807, 2.05) is 36.5 Å². The van der Waals surface area contributed by atoms with Gasteiger partial charge in [0.15, 0.2) is 0 Å². The molecular weight excluding hydrogens is 483 g/mol. The summed E-state index contributed by atoms with van der Waals surface area (Å²) in [6.07, 6.45) is 9.11. The molecule has 0 unspecified atom stereocenters. The highest BCUT2D eigenvalue weighted by Crippen LogP contribution is 2.42. The van der Waals surface area contributed by atoms with Crippen LogP contribution in [0.4, 0.5) is 5.82 Å². The van der Waals surface area contributed by atoms with Gasteiger partial charge in [-0.3, -0.25) is 0 Å². The molecule has 0 atom stereocenters. The highest BCUT2D eigenvalue weighted by molar-refractivity contribution is 7.99. The molecule has 0 saturated carbocycles. The minimum atomic E-state index is 0.431. The Bertz CT molecular complexity index is 1090. The molecule has 1 fully saturated rings. The van der Waals surface area contributed by atoms with Crippen molar-refractivity contribution in [3.8, 4) is 11.3 Å². The van der Waals surface area contributed by atoms with Crippen LogP contribution < -0.4 is 10.6 Å². The average molecular weight is 516 g/mol. The number of rotatable bonds is 9. The van der Waals surface area contributed by atoms with Crippen molar-refractivity contribution >= 4 is 40.8 Å². The molecule has 180 valence electrons. The fraction of sp³-hybridized carbons (Fsp3) is 0.407. The average Bonchev–Trinajstić information content (AvgIpc) is 2.88. The van der Waals surface area contributed by atoms with Crippen LogP contribution in [0.2, 0.25) is 10.0 Å². The quantitative estimate of drug-likeness (QED) is 0.296. The van der Waals surface area contributed by atoms with Crippen molar-refractivity contribution < 1.29 is 0 Å². The maximum atomic E-state index is 6.46. The van der Waals surface area contributed by atoms with Gasteiger partial charge in [0.1, 0.15) is 16.5 Å². The minimum absolute atomic E-state index is 0.431. The molecule has 34 heavy (non-hydrogen) atoms. The number of hydrogen-bond acceptors (Lipinski definition) is 5. The first-order chi connectivity index (χ1) is 16.5. The summed E-state index contributed by atoms with van der Waals surface area (Å²) in [4.78, 5) is 13.2. The maximum absolute atomic E-state index is 6.46. The Morgan fingerprint density at radius 1 is 1.03 bits per heavy atom. The van der Waals surface area contributed by atoms with Gasteiger partial charge in [-0.15, -0.1) is 0 Å². The number of piperidine rings is 1. The number of unbranched alkanes of at least 4 members (excludes halogenated alkanes) is 1. The molecular formula is C27H32Cl2N4S. The number of nitrogens with zero attached hydrogens (tertiary/aromatic N) is 3. The number of nitrogens with two attached hydrogens (primary N) is 1. The zero-order chi connectivity index (χ0) is 24.0. The molecule has 1 aliphatic rings. The summed E-state index contributed by atoms with van der Waals surface area (Å²) in [7, 11) is 0. The van der Waals surface area contributed by atoms with E-state index in [9.17, 15) is 0 Å². The van der Waals surface area contributed by atoms with E-state index in [0.29, 0.717) is 15.5 Å². The molecule has 0 bridgehead atoms. The molecule has 0 spiro atoms. The van der Waals surface area contributed by atoms with Crippen LogP contribution >= 0.6 is 35.0 Å². The van der Waals surface area contributed by atoms with Crippen LogP contribution in [0.25, 0.3) is 11.3 Å². The van der Waals surface area contributed by atoms with E-state index in [1.165, 1.54) is 43.9 Å². The van der Waals surface area contributed by atoms with E-state index < -0.39 is 0 Å². The topological polar surface area (TPSA) is 55.0 Å². The van der Waals surface area contributed by atoms with Crippen molar-refractivity contribution in [2.75, 3.05) is 24.5 Å². The summed E-state index contributed by atoms with van der Waals surface area (Å²) in [5, 5.41) is 1.90. The second-order valence-electron chi connectivity index (χ2n) is 8.99. The lowest BCUT2D eigenvalue weighted by molar-refractivity contribution is 0.184. The largest absolute Gasteiger partial charge is 0.355 e. The normalized spacial score (nSPS) is 15.5. The molecule has 7 heteroatoms. The lowest BCUT2D eigenvalue weighted by atomic mass is 9.72. The van der Waals surface area contributed by atoms with Crippen LogP contribution in [0.3, 0.4) is 0 Å². The molecule has 2 aromatic carbocycles. The van der Waals surface area contributed by atoms with E-state index in [4.69, 9.17) is 38.9 Å². The van der Waals surface area contributed by atoms with Gasteiger partial charge >= 0.3 is 0 Å². The Morgan fingerprint density at radius 3 is 2.50 bits per heavy atom. The molecule has 0 amide bonds. The van der Waals surface area contributed by atoms with Crippen LogP contribution in [-0.4, -0.2) is 29.6 Å². The van der Waals surface area contributed by atoms with Crippen molar-refractivity contribution in [1.29, 1.82) is 0 Å². The van der Waals surface area contributed by atoms with Crippen molar-refractivity contribution in [1.82, 2.24) is 9.97 Å². The fourth-order valence-electron chi connectivity index (χ4n) is 4.68. The molecule has 1 aromatic heterocycles. The summed E-state index contributed by atoms with van der Waals surface area (Å²) in [6.45, 7) is 5.13. The molecule has 1 aliphatic heterocycles. The number of halogens is 2. The van der Waals surface area contributed by atoms with Crippen molar-refractivity contribution in [3.05, 3.63) is 64.8 Å². The predicted octanol–water partition coefficient (Wildman–Crippen LogP) is 7.73. The standard InChI is InChI=1S/C27H32Cl2N4S/c1-2-27(13-6-7-16-30)14-17-33(18-15-27)23-19-31-26(25(32-23)20-9-4-3-5-10-20)34-22-12-8-11-21(28)24(22)29/h3-5,8-12,19H,2,6-7,13-18,30H2,1H3. The molecule has 2 heterocycles. The van der Waals surface area contributed by atoms with Gasteiger partial charge in [-0.05, 0) is 49.8 Å². The lowest BCUT2D eigenvalue weighted by Crippen LogP contribution is -2.40. The third-order valence-corrected chi connectivity index (χ3v) is 8.94. The smallest absolute Gasteiger partial charge is 0.147 e. The van der Waals surface area contributed by atoms with Gasteiger partial charge in [0.2, 0.25) is 0 Å².